The minimum atomic E-state index is -0.532. The zero-order chi connectivity index (χ0) is 18.2. The predicted molar refractivity (Wildman–Crippen MR) is 96.9 cm³/mol. The second-order valence-electron chi connectivity index (χ2n) is 5.13. The Kier molecular flexibility index (Phi) is 6.65. The van der Waals surface area contributed by atoms with Crippen LogP contribution in [0.5, 0.6) is 0 Å². The van der Waals surface area contributed by atoms with Gasteiger partial charge in [0.1, 0.15) is 5.82 Å². The Balaban J connectivity index is 2.11. The van der Waals surface area contributed by atoms with Crippen LogP contribution in [-0.4, -0.2) is 25.1 Å². The third kappa shape index (κ3) is 5.69. The summed E-state index contributed by atoms with van der Waals surface area (Å²) in [6, 6.07) is 11.3. The lowest BCUT2D eigenvalue weighted by Crippen LogP contribution is -2.22. The molecule has 2 aromatic rings. The molecular formula is C18H17ClFN3O2. The second kappa shape index (κ2) is 8.94. The molecule has 0 radical (unpaired) electrons. The van der Waals surface area contributed by atoms with Crippen LogP contribution in [0.1, 0.15) is 23.6 Å². The van der Waals surface area contributed by atoms with E-state index in [-0.39, 0.29) is 12.4 Å². The number of nitrogens with zero attached hydrogens (tertiary/aromatic N) is 2. The zero-order valence-corrected chi connectivity index (χ0v) is 14.5. The van der Waals surface area contributed by atoms with Gasteiger partial charge in [-0.05, 0) is 47.9 Å². The van der Waals surface area contributed by atoms with Crippen molar-refractivity contribution in [2.24, 2.45) is 10.2 Å². The van der Waals surface area contributed by atoms with Crippen LogP contribution < -0.4 is 5.32 Å². The van der Waals surface area contributed by atoms with E-state index in [2.05, 4.69) is 20.3 Å². The third-order valence-corrected chi connectivity index (χ3v) is 3.73. The molecule has 2 rings (SSSR count). The number of nitrogens with one attached hydrogen (secondary N) is 1. The van der Waals surface area contributed by atoms with E-state index in [4.69, 9.17) is 11.6 Å². The van der Waals surface area contributed by atoms with Crippen molar-refractivity contribution in [3.05, 3.63) is 70.0 Å². The van der Waals surface area contributed by atoms with E-state index in [1.54, 1.807) is 24.4 Å². The third-order valence-electron chi connectivity index (χ3n) is 3.36. The predicted octanol–water partition coefficient (Wildman–Crippen LogP) is 4.18. The van der Waals surface area contributed by atoms with Gasteiger partial charge in [0.2, 0.25) is 0 Å². The molecule has 0 atom stereocenters. The molecule has 0 unspecified atom stereocenters. The minimum absolute atomic E-state index is 0.242. The average molecular weight is 362 g/mol. The van der Waals surface area contributed by atoms with Gasteiger partial charge in [-0.1, -0.05) is 29.8 Å². The van der Waals surface area contributed by atoms with Crippen molar-refractivity contribution < 1.29 is 13.9 Å². The first kappa shape index (κ1) is 18.6. The summed E-state index contributed by atoms with van der Waals surface area (Å²) >= 11 is 6.13. The lowest BCUT2D eigenvalue weighted by molar-refractivity contribution is 0.170. The van der Waals surface area contributed by atoms with Gasteiger partial charge < -0.3 is 10.1 Å². The molecule has 0 bridgehead atoms. The van der Waals surface area contributed by atoms with Gasteiger partial charge in [0.25, 0.3) is 0 Å². The fourth-order valence-electron chi connectivity index (χ4n) is 1.96. The quantitative estimate of drug-likeness (QED) is 0.641. The monoisotopic (exact) mass is 361 g/mol. The van der Waals surface area contributed by atoms with Crippen molar-refractivity contribution in [3.63, 3.8) is 0 Å². The molecule has 0 aliphatic carbocycles. The van der Waals surface area contributed by atoms with E-state index in [1.165, 1.54) is 19.2 Å². The van der Waals surface area contributed by atoms with Crippen molar-refractivity contribution in [2.75, 3.05) is 7.11 Å². The summed E-state index contributed by atoms with van der Waals surface area (Å²) in [4.78, 5) is 11.2. The highest BCUT2D eigenvalue weighted by atomic mass is 35.5. The Hall–Kier alpha value is -2.73. The average Bonchev–Trinajstić information content (AvgIpc) is 2.62. The van der Waals surface area contributed by atoms with Gasteiger partial charge in [0.15, 0.2) is 0 Å². The molecule has 0 aliphatic rings. The highest BCUT2D eigenvalue weighted by molar-refractivity contribution is 6.31. The van der Waals surface area contributed by atoms with E-state index < -0.39 is 6.09 Å². The van der Waals surface area contributed by atoms with Gasteiger partial charge >= 0.3 is 6.09 Å². The number of carbonyl (C=O) groups excluding carboxylic acids is 1. The lowest BCUT2D eigenvalue weighted by atomic mass is 10.1. The molecular weight excluding hydrogens is 345 g/mol. The van der Waals surface area contributed by atoms with Crippen LogP contribution in [0.2, 0.25) is 5.02 Å². The van der Waals surface area contributed by atoms with Gasteiger partial charge in [0.05, 0.1) is 19.0 Å². The molecule has 0 heterocycles. The molecule has 1 amide bonds. The van der Waals surface area contributed by atoms with E-state index in [9.17, 15) is 9.18 Å². The van der Waals surface area contributed by atoms with Crippen molar-refractivity contribution in [2.45, 2.75) is 13.5 Å². The number of methoxy groups -OCH3 is 1. The van der Waals surface area contributed by atoms with Crippen LogP contribution in [-0.2, 0) is 11.3 Å². The van der Waals surface area contributed by atoms with Crippen LogP contribution in [0.25, 0.3) is 0 Å². The summed E-state index contributed by atoms with van der Waals surface area (Å²) in [5.41, 5.74) is 2.98. The summed E-state index contributed by atoms with van der Waals surface area (Å²) in [6.45, 7) is 2.05. The number of amides is 1. The van der Waals surface area contributed by atoms with Crippen LogP contribution >= 0.6 is 11.6 Å². The van der Waals surface area contributed by atoms with Gasteiger partial charge in [0, 0.05) is 11.6 Å². The largest absolute Gasteiger partial charge is 0.453 e. The van der Waals surface area contributed by atoms with E-state index in [0.29, 0.717) is 10.7 Å². The molecule has 0 fully saturated rings. The molecule has 0 spiro atoms. The number of hydrogen-bond acceptors (Lipinski definition) is 4. The second-order valence-corrected chi connectivity index (χ2v) is 5.54. The fraction of sp³-hybridized carbons (Fsp3) is 0.167. The van der Waals surface area contributed by atoms with Crippen molar-refractivity contribution in [1.82, 2.24) is 5.32 Å². The number of alkyl carbamates (subject to hydrolysis) is 1. The summed E-state index contributed by atoms with van der Waals surface area (Å²) < 4.78 is 17.4. The highest BCUT2D eigenvalue weighted by Crippen LogP contribution is 2.18. The molecule has 130 valence electrons. The van der Waals surface area contributed by atoms with E-state index in [0.717, 1.165) is 16.7 Å². The van der Waals surface area contributed by atoms with Crippen LogP contribution in [0, 0.1) is 5.82 Å². The van der Waals surface area contributed by atoms with Crippen molar-refractivity contribution >= 4 is 29.6 Å². The molecule has 7 heteroatoms. The summed E-state index contributed by atoms with van der Waals surface area (Å²) in [5.74, 6) is -0.300. The zero-order valence-electron chi connectivity index (χ0n) is 13.8. The number of rotatable bonds is 5. The molecule has 0 saturated carbocycles. The maximum absolute atomic E-state index is 12.8. The topological polar surface area (TPSA) is 63.0 Å². The maximum Gasteiger partial charge on any atom is 0.407 e. The number of benzene rings is 2. The molecule has 0 aromatic heterocycles. The Labute approximate surface area is 150 Å². The Morgan fingerprint density at radius 3 is 2.68 bits per heavy atom. The first-order valence-electron chi connectivity index (χ1n) is 7.43. The molecule has 5 nitrogen and oxygen atoms in total. The van der Waals surface area contributed by atoms with Crippen LogP contribution in [0.15, 0.2) is 52.7 Å². The number of ether oxygens (including phenoxy) is 1. The standard InChI is InChI=1S/C18H17ClFN3O2/c1-12(23-22-10-13-3-6-16(20)7-4-13)14-5-8-17(19)15(9-14)11-21-18(24)25-2/h3-10H,11H2,1-2H3,(H,21,24). The summed E-state index contributed by atoms with van der Waals surface area (Å²) in [6.07, 6.45) is 1.01. The molecule has 25 heavy (non-hydrogen) atoms. The van der Waals surface area contributed by atoms with E-state index in [1.807, 2.05) is 19.1 Å². The van der Waals surface area contributed by atoms with Gasteiger partial charge in [-0.3, -0.25) is 0 Å². The van der Waals surface area contributed by atoms with Crippen LogP contribution in [0.3, 0.4) is 0 Å². The Morgan fingerprint density at radius 2 is 2.00 bits per heavy atom. The lowest BCUT2D eigenvalue weighted by Gasteiger charge is -2.08. The summed E-state index contributed by atoms with van der Waals surface area (Å²) in [5, 5.41) is 11.2. The maximum atomic E-state index is 12.8. The molecule has 2 aromatic carbocycles. The number of carbonyl (C=O) groups is 1. The fourth-order valence-corrected chi connectivity index (χ4v) is 2.15. The highest BCUT2D eigenvalue weighted by Gasteiger charge is 2.06. The Morgan fingerprint density at radius 1 is 1.28 bits per heavy atom. The first-order chi connectivity index (χ1) is 12.0. The summed E-state index contributed by atoms with van der Waals surface area (Å²) in [7, 11) is 1.29. The molecule has 0 aliphatic heterocycles. The molecule has 1 N–H and O–H groups in total. The van der Waals surface area contributed by atoms with Crippen molar-refractivity contribution in [1.29, 1.82) is 0 Å². The first-order valence-corrected chi connectivity index (χ1v) is 7.81. The number of halogens is 2. The van der Waals surface area contributed by atoms with Gasteiger partial charge in [-0.25, -0.2) is 9.18 Å². The SMILES string of the molecule is COC(=O)NCc1cc(C(C)=NN=Cc2ccc(F)cc2)ccc1Cl. The van der Waals surface area contributed by atoms with Gasteiger partial charge in [-0.2, -0.15) is 10.2 Å². The molecule has 0 saturated heterocycles. The van der Waals surface area contributed by atoms with E-state index >= 15 is 0 Å². The van der Waals surface area contributed by atoms with Crippen LogP contribution in [0.4, 0.5) is 9.18 Å². The van der Waals surface area contributed by atoms with Gasteiger partial charge in [-0.15, -0.1) is 0 Å². The minimum Gasteiger partial charge on any atom is -0.453 e. The number of hydrogen-bond donors (Lipinski definition) is 1. The van der Waals surface area contributed by atoms with Crippen molar-refractivity contribution in [3.8, 4) is 0 Å². The smallest absolute Gasteiger partial charge is 0.407 e. The Bertz CT molecular complexity index is 804. The normalized spacial score (nSPS) is 11.6.